The lowest BCUT2D eigenvalue weighted by atomic mass is 10.1. The third-order valence-corrected chi connectivity index (χ3v) is 4.60. The highest BCUT2D eigenvalue weighted by atomic mass is 16.5. The number of aliphatic hydroxyl groups excluding tert-OH is 1. The molecular weight excluding hydrogens is 412 g/mol. The smallest absolute Gasteiger partial charge is 0.407 e. The summed E-state index contributed by atoms with van der Waals surface area (Å²) < 4.78 is 6.40. The van der Waals surface area contributed by atoms with Crippen LogP contribution in [0.2, 0.25) is 0 Å². The summed E-state index contributed by atoms with van der Waals surface area (Å²) in [5.41, 5.74) is 1.88. The Hall–Kier alpha value is -3.98. The Labute approximate surface area is 184 Å². The first kappa shape index (κ1) is 22.7. The minimum atomic E-state index is -0.802. The monoisotopic (exact) mass is 436 g/mol. The van der Waals surface area contributed by atoms with Gasteiger partial charge in [0.2, 0.25) is 5.91 Å². The van der Waals surface area contributed by atoms with Crippen LogP contribution in [0.5, 0.6) is 0 Å². The Balaban J connectivity index is 1.37. The molecule has 9 nitrogen and oxygen atoms in total. The number of ether oxygens (including phenoxy) is 1. The summed E-state index contributed by atoms with van der Waals surface area (Å²) in [6.07, 6.45) is 3.13. The second kappa shape index (κ2) is 11.4. The molecule has 32 heavy (non-hydrogen) atoms. The number of benzene rings is 2. The zero-order chi connectivity index (χ0) is 22.8. The molecule has 2 amide bonds. The van der Waals surface area contributed by atoms with Gasteiger partial charge in [-0.15, -0.1) is 0 Å². The number of hydrogen-bond acceptors (Lipinski definition) is 6. The fourth-order valence-corrected chi connectivity index (χ4v) is 2.90. The average Bonchev–Trinajstić information content (AvgIpc) is 2.81. The maximum atomic E-state index is 12.1. The molecule has 3 N–H and O–H groups in total. The van der Waals surface area contributed by atoms with Crippen LogP contribution >= 0.6 is 0 Å². The standard InChI is InChI=1S/C23H24N4O5/c28-20(18-4-2-1-3-5-18)14-25-23(31)32-13-10-17-6-8-19(9-7-17)26-21(29)16-27-12-11-24-15-22(27)30/h1-9,11-12,15,20,28H,10,13-14,16H2,(H,25,31)(H,26,29)/t20-/m0/s1. The summed E-state index contributed by atoms with van der Waals surface area (Å²) in [5, 5.41) is 15.3. The first-order valence-corrected chi connectivity index (χ1v) is 10.0. The molecule has 0 aliphatic heterocycles. The van der Waals surface area contributed by atoms with Gasteiger partial charge < -0.3 is 25.0 Å². The second-order valence-corrected chi connectivity index (χ2v) is 6.98. The molecule has 0 unspecified atom stereocenters. The molecule has 166 valence electrons. The Morgan fingerprint density at radius 1 is 1.09 bits per heavy atom. The maximum Gasteiger partial charge on any atom is 0.407 e. The summed E-state index contributed by atoms with van der Waals surface area (Å²) in [4.78, 5) is 39.2. The van der Waals surface area contributed by atoms with Crippen molar-refractivity contribution in [2.24, 2.45) is 0 Å². The summed E-state index contributed by atoms with van der Waals surface area (Å²) in [6, 6.07) is 16.1. The van der Waals surface area contributed by atoms with Crippen LogP contribution < -0.4 is 16.2 Å². The molecule has 0 aliphatic carbocycles. The third kappa shape index (κ3) is 7.06. The highest BCUT2D eigenvalue weighted by Crippen LogP contribution is 2.11. The van der Waals surface area contributed by atoms with Crippen molar-refractivity contribution in [3.8, 4) is 0 Å². The summed E-state index contributed by atoms with van der Waals surface area (Å²) in [7, 11) is 0. The number of rotatable bonds is 9. The van der Waals surface area contributed by atoms with Gasteiger partial charge in [-0.2, -0.15) is 0 Å². The predicted octanol–water partition coefficient (Wildman–Crippen LogP) is 1.88. The SMILES string of the molecule is O=C(Cn1ccncc1=O)Nc1ccc(CCOC(=O)NC[C@H](O)c2ccccc2)cc1. The Morgan fingerprint density at radius 3 is 2.56 bits per heavy atom. The van der Waals surface area contributed by atoms with Gasteiger partial charge in [-0.25, -0.2) is 4.79 Å². The topological polar surface area (TPSA) is 123 Å². The number of anilines is 1. The molecule has 0 saturated carbocycles. The maximum absolute atomic E-state index is 12.1. The van der Waals surface area contributed by atoms with E-state index in [0.29, 0.717) is 17.7 Å². The van der Waals surface area contributed by atoms with E-state index in [2.05, 4.69) is 15.6 Å². The molecule has 1 atom stereocenters. The van der Waals surface area contributed by atoms with E-state index in [0.717, 1.165) is 11.8 Å². The van der Waals surface area contributed by atoms with Crippen LogP contribution in [0.25, 0.3) is 0 Å². The van der Waals surface area contributed by atoms with Crippen molar-refractivity contribution in [2.45, 2.75) is 19.1 Å². The van der Waals surface area contributed by atoms with Crippen LogP contribution in [-0.4, -0.2) is 39.8 Å². The lowest BCUT2D eigenvalue weighted by molar-refractivity contribution is -0.116. The Kier molecular flexibility index (Phi) is 8.10. The molecule has 9 heteroatoms. The first-order valence-electron chi connectivity index (χ1n) is 10.0. The van der Waals surface area contributed by atoms with E-state index in [9.17, 15) is 19.5 Å². The number of nitrogens with one attached hydrogen (secondary N) is 2. The average molecular weight is 436 g/mol. The number of alkyl carbamates (subject to hydrolysis) is 1. The minimum Gasteiger partial charge on any atom is -0.449 e. The Morgan fingerprint density at radius 2 is 1.84 bits per heavy atom. The number of amides is 2. The van der Waals surface area contributed by atoms with E-state index in [1.807, 2.05) is 30.3 Å². The van der Waals surface area contributed by atoms with Crippen molar-refractivity contribution < 1.29 is 19.4 Å². The van der Waals surface area contributed by atoms with Crippen LogP contribution in [0.1, 0.15) is 17.2 Å². The molecule has 3 aromatic rings. The van der Waals surface area contributed by atoms with Gasteiger partial charge in [-0.05, 0) is 23.3 Å². The van der Waals surface area contributed by atoms with Gasteiger partial charge in [-0.3, -0.25) is 14.6 Å². The van der Waals surface area contributed by atoms with Gasteiger partial charge in [0.1, 0.15) is 6.54 Å². The minimum absolute atomic E-state index is 0.0584. The van der Waals surface area contributed by atoms with Crippen molar-refractivity contribution in [1.82, 2.24) is 14.9 Å². The molecule has 1 heterocycles. The van der Waals surface area contributed by atoms with Gasteiger partial charge >= 0.3 is 6.09 Å². The highest BCUT2D eigenvalue weighted by Gasteiger charge is 2.10. The number of aliphatic hydroxyl groups is 1. The normalized spacial score (nSPS) is 11.4. The van der Waals surface area contributed by atoms with Gasteiger partial charge in [0, 0.05) is 24.5 Å². The molecule has 0 fully saturated rings. The van der Waals surface area contributed by atoms with E-state index in [4.69, 9.17) is 4.74 Å². The quantitative estimate of drug-likeness (QED) is 0.471. The third-order valence-electron chi connectivity index (χ3n) is 4.60. The lowest BCUT2D eigenvalue weighted by Gasteiger charge is -2.12. The van der Waals surface area contributed by atoms with Crippen LogP contribution in [0.4, 0.5) is 10.5 Å². The van der Waals surface area contributed by atoms with Crippen LogP contribution in [0, 0.1) is 0 Å². The number of carbonyl (C=O) groups excluding carboxylic acids is 2. The molecule has 0 aliphatic rings. The molecule has 0 bridgehead atoms. The van der Waals surface area contributed by atoms with Crippen LogP contribution in [0.3, 0.4) is 0 Å². The second-order valence-electron chi connectivity index (χ2n) is 6.98. The molecule has 1 aromatic heterocycles. The largest absolute Gasteiger partial charge is 0.449 e. The Bertz CT molecular complexity index is 1080. The van der Waals surface area contributed by atoms with Gasteiger partial charge in [0.25, 0.3) is 5.56 Å². The number of carbonyl (C=O) groups is 2. The van der Waals surface area contributed by atoms with Crippen LogP contribution in [0.15, 0.2) is 78.0 Å². The van der Waals surface area contributed by atoms with E-state index in [-0.39, 0.29) is 31.2 Å². The van der Waals surface area contributed by atoms with Crippen molar-refractivity contribution in [3.63, 3.8) is 0 Å². The van der Waals surface area contributed by atoms with Crippen molar-refractivity contribution in [2.75, 3.05) is 18.5 Å². The van der Waals surface area contributed by atoms with Crippen molar-refractivity contribution in [1.29, 1.82) is 0 Å². The number of hydrogen-bond donors (Lipinski definition) is 3. The highest BCUT2D eigenvalue weighted by molar-refractivity contribution is 5.90. The van der Waals surface area contributed by atoms with Gasteiger partial charge in [-0.1, -0.05) is 42.5 Å². The van der Waals surface area contributed by atoms with E-state index in [1.54, 1.807) is 24.3 Å². The lowest BCUT2D eigenvalue weighted by Crippen LogP contribution is -2.29. The van der Waals surface area contributed by atoms with Gasteiger partial charge in [0.05, 0.1) is 25.5 Å². The molecule has 0 radical (unpaired) electrons. The fourth-order valence-electron chi connectivity index (χ4n) is 2.90. The molecule has 3 rings (SSSR count). The van der Waals surface area contributed by atoms with E-state index >= 15 is 0 Å². The molecular formula is C23H24N4O5. The van der Waals surface area contributed by atoms with Gasteiger partial charge in [0.15, 0.2) is 0 Å². The molecule has 2 aromatic carbocycles. The predicted molar refractivity (Wildman–Crippen MR) is 118 cm³/mol. The molecule has 0 saturated heterocycles. The van der Waals surface area contributed by atoms with E-state index < -0.39 is 12.2 Å². The first-order chi connectivity index (χ1) is 15.5. The van der Waals surface area contributed by atoms with Crippen molar-refractivity contribution in [3.05, 3.63) is 94.7 Å². The molecule has 0 spiro atoms. The van der Waals surface area contributed by atoms with Crippen molar-refractivity contribution >= 4 is 17.7 Å². The number of nitrogens with zero attached hydrogens (tertiary/aromatic N) is 2. The zero-order valence-corrected chi connectivity index (χ0v) is 17.3. The zero-order valence-electron chi connectivity index (χ0n) is 17.3. The number of aromatic nitrogens is 2. The summed E-state index contributed by atoms with van der Waals surface area (Å²) >= 11 is 0. The van der Waals surface area contributed by atoms with E-state index in [1.165, 1.54) is 17.0 Å². The fraction of sp³-hybridized carbons (Fsp3) is 0.217. The summed E-state index contributed by atoms with van der Waals surface area (Å²) in [5.74, 6) is -0.330. The van der Waals surface area contributed by atoms with Crippen LogP contribution in [-0.2, 0) is 22.5 Å². The summed E-state index contributed by atoms with van der Waals surface area (Å²) in [6.45, 7) is 0.123.